The summed E-state index contributed by atoms with van der Waals surface area (Å²) in [4.78, 5) is 13.7. The lowest BCUT2D eigenvalue weighted by Gasteiger charge is -2.28. The maximum absolute atomic E-state index is 12.1. The average Bonchev–Trinajstić information content (AvgIpc) is 2.85. The molecule has 21 heavy (non-hydrogen) atoms. The van der Waals surface area contributed by atoms with Crippen LogP contribution in [0.3, 0.4) is 0 Å². The highest BCUT2D eigenvalue weighted by molar-refractivity contribution is 5.76. The standard InChI is InChI=1S/C17H25NO3/c1-14-6-5-7-15(12-14)21-11-8-16(19)18(2)13-17(20)9-3-4-10-17/h5-7,12,20H,3-4,8-11,13H2,1-2H3. The van der Waals surface area contributed by atoms with E-state index in [0.717, 1.165) is 37.0 Å². The van der Waals surface area contributed by atoms with Crippen LogP contribution in [0, 0.1) is 6.92 Å². The van der Waals surface area contributed by atoms with E-state index in [-0.39, 0.29) is 5.91 Å². The van der Waals surface area contributed by atoms with Crippen molar-refractivity contribution in [1.82, 2.24) is 4.90 Å². The van der Waals surface area contributed by atoms with Crippen molar-refractivity contribution in [3.05, 3.63) is 29.8 Å². The monoisotopic (exact) mass is 291 g/mol. The summed E-state index contributed by atoms with van der Waals surface area (Å²) in [5.74, 6) is 0.808. The topological polar surface area (TPSA) is 49.8 Å². The predicted octanol–water partition coefficient (Wildman–Crippen LogP) is 2.53. The minimum absolute atomic E-state index is 0.0166. The van der Waals surface area contributed by atoms with Gasteiger partial charge in [-0.05, 0) is 37.5 Å². The van der Waals surface area contributed by atoms with Crippen LogP contribution < -0.4 is 4.74 Å². The fourth-order valence-electron chi connectivity index (χ4n) is 2.87. The third kappa shape index (κ3) is 4.74. The van der Waals surface area contributed by atoms with Crippen LogP contribution in [0.4, 0.5) is 0 Å². The summed E-state index contributed by atoms with van der Waals surface area (Å²) >= 11 is 0. The Morgan fingerprint density at radius 1 is 1.38 bits per heavy atom. The van der Waals surface area contributed by atoms with Gasteiger partial charge in [-0.1, -0.05) is 25.0 Å². The minimum Gasteiger partial charge on any atom is -0.493 e. The zero-order chi connectivity index (χ0) is 15.3. The van der Waals surface area contributed by atoms with Gasteiger partial charge in [0, 0.05) is 13.6 Å². The molecule has 4 heteroatoms. The molecule has 0 aliphatic heterocycles. The maximum atomic E-state index is 12.1. The van der Waals surface area contributed by atoms with Gasteiger partial charge in [-0.3, -0.25) is 4.79 Å². The van der Waals surface area contributed by atoms with Crippen LogP contribution in [0.2, 0.25) is 0 Å². The summed E-state index contributed by atoms with van der Waals surface area (Å²) in [6, 6.07) is 7.79. The molecule has 0 heterocycles. The van der Waals surface area contributed by atoms with E-state index in [1.165, 1.54) is 0 Å². The van der Waals surface area contributed by atoms with Crippen molar-refractivity contribution < 1.29 is 14.6 Å². The van der Waals surface area contributed by atoms with Gasteiger partial charge in [0.05, 0.1) is 18.6 Å². The smallest absolute Gasteiger partial charge is 0.225 e. The van der Waals surface area contributed by atoms with Crippen LogP contribution >= 0.6 is 0 Å². The van der Waals surface area contributed by atoms with Gasteiger partial charge in [-0.15, -0.1) is 0 Å². The Labute approximate surface area is 126 Å². The molecule has 1 aliphatic rings. The SMILES string of the molecule is Cc1cccc(OCCC(=O)N(C)CC2(O)CCCC2)c1. The molecule has 1 aliphatic carbocycles. The van der Waals surface area contributed by atoms with Gasteiger partial charge in [0.15, 0.2) is 0 Å². The maximum Gasteiger partial charge on any atom is 0.225 e. The van der Waals surface area contributed by atoms with Gasteiger partial charge in [0.1, 0.15) is 5.75 Å². The van der Waals surface area contributed by atoms with Gasteiger partial charge < -0.3 is 14.7 Å². The van der Waals surface area contributed by atoms with Crippen molar-refractivity contribution in [2.45, 2.75) is 44.6 Å². The zero-order valence-corrected chi connectivity index (χ0v) is 13.0. The van der Waals surface area contributed by atoms with E-state index in [9.17, 15) is 9.90 Å². The number of carbonyl (C=O) groups is 1. The Hall–Kier alpha value is -1.55. The van der Waals surface area contributed by atoms with E-state index >= 15 is 0 Å². The second-order valence-electron chi connectivity index (χ2n) is 6.10. The summed E-state index contributed by atoms with van der Waals surface area (Å²) in [6.07, 6.45) is 4.03. The number of ether oxygens (including phenoxy) is 1. The summed E-state index contributed by atoms with van der Waals surface area (Å²) in [6.45, 7) is 2.80. The third-order valence-electron chi connectivity index (χ3n) is 4.07. The number of rotatable bonds is 6. The molecule has 0 atom stereocenters. The second-order valence-corrected chi connectivity index (χ2v) is 6.10. The highest BCUT2D eigenvalue weighted by Gasteiger charge is 2.33. The molecular weight excluding hydrogens is 266 g/mol. The number of carbonyl (C=O) groups excluding carboxylic acids is 1. The lowest BCUT2D eigenvalue weighted by atomic mass is 10.0. The van der Waals surface area contributed by atoms with Gasteiger partial charge in [-0.2, -0.15) is 0 Å². The van der Waals surface area contributed by atoms with Gasteiger partial charge in [-0.25, -0.2) is 0 Å². The number of aryl methyl sites for hydroxylation is 1. The number of aliphatic hydroxyl groups is 1. The Balaban J connectivity index is 1.73. The van der Waals surface area contributed by atoms with Gasteiger partial charge in [0.25, 0.3) is 0 Å². The molecule has 0 aromatic heterocycles. The van der Waals surface area contributed by atoms with E-state index in [2.05, 4.69) is 0 Å². The molecule has 0 spiro atoms. The van der Waals surface area contributed by atoms with Crippen LogP contribution in [-0.2, 0) is 4.79 Å². The molecule has 2 rings (SSSR count). The van der Waals surface area contributed by atoms with E-state index in [0.29, 0.717) is 19.6 Å². The van der Waals surface area contributed by atoms with Crippen molar-refractivity contribution in [3.63, 3.8) is 0 Å². The molecule has 1 fully saturated rings. The van der Waals surface area contributed by atoms with E-state index in [4.69, 9.17) is 4.74 Å². The van der Waals surface area contributed by atoms with Crippen LogP contribution in [0.15, 0.2) is 24.3 Å². The summed E-state index contributed by atoms with van der Waals surface area (Å²) in [7, 11) is 1.76. The number of hydrogen-bond acceptors (Lipinski definition) is 3. The summed E-state index contributed by atoms with van der Waals surface area (Å²) in [5, 5.41) is 10.3. The van der Waals surface area contributed by atoms with Crippen molar-refractivity contribution in [3.8, 4) is 5.75 Å². The minimum atomic E-state index is -0.679. The Kier molecular flexibility index (Phi) is 5.23. The summed E-state index contributed by atoms with van der Waals surface area (Å²) in [5.41, 5.74) is 0.460. The quantitative estimate of drug-likeness (QED) is 0.876. The number of amides is 1. The van der Waals surface area contributed by atoms with Crippen LogP contribution in [-0.4, -0.2) is 41.7 Å². The molecule has 1 amide bonds. The molecule has 1 saturated carbocycles. The van der Waals surface area contributed by atoms with Gasteiger partial charge >= 0.3 is 0 Å². The lowest BCUT2D eigenvalue weighted by molar-refractivity contribution is -0.133. The average molecular weight is 291 g/mol. The molecule has 0 unspecified atom stereocenters. The van der Waals surface area contributed by atoms with E-state index < -0.39 is 5.60 Å². The van der Waals surface area contributed by atoms with E-state index in [1.807, 2.05) is 31.2 Å². The zero-order valence-electron chi connectivity index (χ0n) is 13.0. The van der Waals surface area contributed by atoms with Crippen molar-refractivity contribution in [2.75, 3.05) is 20.2 Å². The molecule has 1 aromatic rings. The molecule has 1 N–H and O–H groups in total. The van der Waals surface area contributed by atoms with Crippen LogP contribution in [0.25, 0.3) is 0 Å². The second kappa shape index (κ2) is 6.94. The molecule has 4 nitrogen and oxygen atoms in total. The van der Waals surface area contributed by atoms with E-state index in [1.54, 1.807) is 11.9 Å². The van der Waals surface area contributed by atoms with Crippen molar-refractivity contribution >= 4 is 5.91 Å². The normalized spacial score (nSPS) is 16.7. The van der Waals surface area contributed by atoms with Crippen LogP contribution in [0.5, 0.6) is 5.75 Å². The molecular formula is C17H25NO3. The summed E-state index contributed by atoms with van der Waals surface area (Å²) < 4.78 is 5.59. The third-order valence-corrected chi connectivity index (χ3v) is 4.07. The largest absolute Gasteiger partial charge is 0.493 e. The Bertz CT molecular complexity index is 481. The molecule has 116 valence electrons. The fourth-order valence-corrected chi connectivity index (χ4v) is 2.87. The number of benzene rings is 1. The number of nitrogens with zero attached hydrogens (tertiary/aromatic N) is 1. The highest BCUT2D eigenvalue weighted by atomic mass is 16.5. The first-order chi connectivity index (χ1) is 9.98. The predicted molar refractivity (Wildman–Crippen MR) is 82.3 cm³/mol. The first kappa shape index (κ1) is 15.8. The number of hydrogen-bond donors (Lipinski definition) is 1. The molecule has 0 saturated heterocycles. The van der Waals surface area contributed by atoms with Crippen molar-refractivity contribution in [1.29, 1.82) is 0 Å². The first-order valence-corrected chi connectivity index (χ1v) is 7.64. The fraction of sp³-hybridized carbons (Fsp3) is 0.588. The molecule has 0 bridgehead atoms. The Morgan fingerprint density at radius 2 is 2.10 bits per heavy atom. The highest BCUT2D eigenvalue weighted by Crippen LogP contribution is 2.30. The van der Waals surface area contributed by atoms with Crippen molar-refractivity contribution in [2.24, 2.45) is 0 Å². The Morgan fingerprint density at radius 3 is 2.76 bits per heavy atom. The molecule has 1 aromatic carbocycles. The molecule has 0 radical (unpaired) electrons. The lowest BCUT2D eigenvalue weighted by Crippen LogP contribution is -2.42. The first-order valence-electron chi connectivity index (χ1n) is 7.64. The van der Waals surface area contributed by atoms with Gasteiger partial charge in [0.2, 0.25) is 5.91 Å². The van der Waals surface area contributed by atoms with Crippen LogP contribution in [0.1, 0.15) is 37.7 Å². The number of likely N-dealkylation sites (N-methyl/N-ethyl adjacent to an activating group) is 1.